The van der Waals surface area contributed by atoms with Crippen molar-refractivity contribution in [3.63, 3.8) is 0 Å². The molecule has 1 unspecified atom stereocenters. The molecule has 0 saturated heterocycles. The number of dihydropyridines is 1. The summed E-state index contributed by atoms with van der Waals surface area (Å²) in [7, 11) is 1.37. The van der Waals surface area contributed by atoms with E-state index >= 15 is 0 Å². The van der Waals surface area contributed by atoms with Gasteiger partial charge in [0.15, 0.2) is 6.23 Å². The van der Waals surface area contributed by atoms with Crippen LogP contribution in [0.1, 0.15) is 0 Å². The molecule has 0 aliphatic carbocycles. The van der Waals surface area contributed by atoms with Crippen LogP contribution in [0.5, 0.6) is 0 Å². The molecule has 1 heterocycles. The maximum Gasteiger partial charge on any atom is 0.337 e. The topological polar surface area (TPSA) is 76.0 Å². The molecule has 0 fully saturated rings. The maximum atomic E-state index is 10.5. The van der Waals surface area contributed by atoms with Crippen molar-refractivity contribution in [2.45, 2.75) is 6.23 Å². The minimum absolute atomic E-state index is 0.0494. The first-order valence-electron chi connectivity index (χ1n) is 3.45. The van der Waals surface area contributed by atoms with Gasteiger partial charge in [0.05, 0.1) is 11.1 Å². The second-order valence-corrected chi connectivity index (χ2v) is 2.33. The highest BCUT2D eigenvalue weighted by atomic mass is 16.5. The third-order valence-corrected chi connectivity index (χ3v) is 1.51. The van der Waals surface area contributed by atoms with Crippen molar-refractivity contribution in [2.75, 3.05) is 7.11 Å². The number of carbonyl (C=O) groups is 1. The van der Waals surface area contributed by atoms with Gasteiger partial charge in [0, 0.05) is 13.3 Å². The molecule has 0 spiro atoms. The van der Waals surface area contributed by atoms with Crippen molar-refractivity contribution in [3.8, 4) is 0 Å². The minimum atomic E-state index is -1.13. The van der Waals surface area contributed by atoms with Crippen molar-refractivity contribution < 1.29 is 19.4 Å². The number of aliphatic carboxylic acids is 1. The lowest BCUT2D eigenvalue weighted by molar-refractivity contribution is -0.132. The summed E-state index contributed by atoms with van der Waals surface area (Å²) in [5.74, 6) is 0.445. The lowest BCUT2D eigenvalue weighted by atomic mass is 10.1. The third kappa shape index (κ3) is 1.90. The molecule has 1 aliphatic heterocycles. The number of aliphatic imine (C=N–C) groups is 1. The van der Waals surface area contributed by atoms with Gasteiger partial charge in [0.25, 0.3) is 0 Å². The molecule has 1 rings (SSSR count). The number of carbonyl (C=O) groups excluding carboxylic acids is 1. The van der Waals surface area contributed by atoms with Crippen LogP contribution in [0.15, 0.2) is 22.2 Å². The highest BCUT2D eigenvalue weighted by molar-refractivity contribution is 6.10. The molecule has 5 heteroatoms. The third-order valence-electron chi connectivity index (χ3n) is 1.51. The molecule has 1 aliphatic rings. The Balaban J connectivity index is 3.00. The first-order chi connectivity index (χ1) is 6.19. The number of rotatable bonds is 2. The molecular formula is C8H7NO4. The van der Waals surface area contributed by atoms with Crippen molar-refractivity contribution >= 4 is 18.1 Å². The summed E-state index contributed by atoms with van der Waals surface area (Å²) in [4.78, 5) is 24.5. The fourth-order valence-corrected chi connectivity index (χ4v) is 0.889. The van der Waals surface area contributed by atoms with E-state index in [1.54, 1.807) is 5.94 Å². The van der Waals surface area contributed by atoms with Crippen molar-refractivity contribution in [1.29, 1.82) is 0 Å². The predicted octanol–water partition coefficient (Wildman–Crippen LogP) is -0.188. The van der Waals surface area contributed by atoms with E-state index < -0.39 is 12.2 Å². The van der Waals surface area contributed by atoms with Gasteiger partial charge in [-0.3, -0.25) is 4.99 Å². The van der Waals surface area contributed by atoms with E-state index in [-0.39, 0.29) is 11.1 Å². The average Bonchev–Trinajstić information content (AvgIpc) is 2.16. The Morgan fingerprint density at radius 3 is 2.92 bits per heavy atom. The molecule has 1 atom stereocenters. The largest absolute Gasteiger partial charge is 0.478 e. The zero-order valence-corrected chi connectivity index (χ0v) is 6.85. The SMILES string of the molecule is COC1N=CC(C(=O)O)=CC1=C=O. The summed E-state index contributed by atoms with van der Waals surface area (Å²) < 4.78 is 4.79. The fourth-order valence-electron chi connectivity index (χ4n) is 0.889. The molecule has 0 amide bonds. The van der Waals surface area contributed by atoms with Gasteiger partial charge in [-0.25, -0.2) is 9.59 Å². The standard InChI is InChI=1S/C8H7NO4/c1-13-7-6(4-10)2-5(3-9-7)8(11)12/h2-3,7H,1H3,(H,11,12). The normalized spacial score (nSPS) is 20.8. The molecule has 0 saturated carbocycles. The Hall–Kier alpha value is -1.71. The number of carboxylic acid groups (broad SMARTS) is 1. The molecule has 68 valence electrons. The molecule has 13 heavy (non-hydrogen) atoms. The van der Waals surface area contributed by atoms with E-state index in [4.69, 9.17) is 9.84 Å². The summed E-state index contributed by atoms with van der Waals surface area (Å²) in [6.07, 6.45) is 1.61. The van der Waals surface area contributed by atoms with E-state index in [0.717, 1.165) is 6.21 Å². The van der Waals surface area contributed by atoms with Gasteiger partial charge in [-0.1, -0.05) is 0 Å². The van der Waals surface area contributed by atoms with Crippen LogP contribution < -0.4 is 0 Å². The Labute approximate surface area is 74.0 Å². The predicted molar refractivity (Wildman–Crippen MR) is 44.2 cm³/mol. The maximum absolute atomic E-state index is 10.5. The highest BCUT2D eigenvalue weighted by Gasteiger charge is 2.18. The van der Waals surface area contributed by atoms with Gasteiger partial charge in [-0.15, -0.1) is 0 Å². The lowest BCUT2D eigenvalue weighted by Gasteiger charge is -2.12. The van der Waals surface area contributed by atoms with Crippen LogP contribution in [0, 0.1) is 0 Å². The lowest BCUT2D eigenvalue weighted by Crippen LogP contribution is -2.17. The van der Waals surface area contributed by atoms with Gasteiger partial charge < -0.3 is 9.84 Å². The second-order valence-electron chi connectivity index (χ2n) is 2.33. The Morgan fingerprint density at radius 1 is 1.77 bits per heavy atom. The quantitative estimate of drug-likeness (QED) is 0.599. The van der Waals surface area contributed by atoms with Gasteiger partial charge in [0.1, 0.15) is 5.94 Å². The number of methoxy groups -OCH3 is 1. The van der Waals surface area contributed by atoms with Crippen LogP contribution in [-0.4, -0.2) is 36.6 Å². The molecule has 0 aromatic rings. The first kappa shape index (κ1) is 9.38. The zero-order valence-electron chi connectivity index (χ0n) is 6.85. The molecular weight excluding hydrogens is 174 g/mol. The molecule has 5 nitrogen and oxygen atoms in total. The summed E-state index contributed by atoms with van der Waals surface area (Å²) >= 11 is 0. The number of ether oxygens (including phenoxy) is 1. The Morgan fingerprint density at radius 2 is 2.46 bits per heavy atom. The first-order valence-corrected chi connectivity index (χ1v) is 3.45. The Kier molecular flexibility index (Phi) is 2.74. The van der Waals surface area contributed by atoms with Crippen LogP contribution in [0.2, 0.25) is 0 Å². The van der Waals surface area contributed by atoms with E-state index in [9.17, 15) is 9.59 Å². The number of hydrogen-bond acceptors (Lipinski definition) is 4. The molecule has 0 bridgehead atoms. The van der Waals surface area contributed by atoms with Gasteiger partial charge in [-0.05, 0) is 6.08 Å². The summed E-state index contributed by atoms with van der Waals surface area (Å²) in [6, 6.07) is 0. The summed E-state index contributed by atoms with van der Waals surface area (Å²) in [6.45, 7) is 0. The van der Waals surface area contributed by atoms with Crippen LogP contribution >= 0.6 is 0 Å². The van der Waals surface area contributed by atoms with E-state index in [0.29, 0.717) is 0 Å². The second kappa shape index (κ2) is 3.80. The van der Waals surface area contributed by atoms with E-state index in [1.807, 2.05) is 0 Å². The smallest absolute Gasteiger partial charge is 0.337 e. The molecule has 0 radical (unpaired) electrons. The van der Waals surface area contributed by atoms with Crippen LogP contribution in [0.25, 0.3) is 0 Å². The number of carboxylic acids is 1. The van der Waals surface area contributed by atoms with Crippen molar-refractivity contribution in [1.82, 2.24) is 0 Å². The Bertz CT molecular complexity index is 336. The van der Waals surface area contributed by atoms with Crippen LogP contribution in [0.4, 0.5) is 0 Å². The van der Waals surface area contributed by atoms with E-state index in [2.05, 4.69) is 4.99 Å². The highest BCUT2D eigenvalue weighted by Crippen LogP contribution is 2.13. The van der Waals surface area contributed by atoms with Gasteiger partial charge in [-0.2, -0.15) is 0 Å². The molecule has 0 aromatic heterocycles. The summed E-state index contributed by atoms with van der Waals surface area (Å²) in [5, 5.41) is 8.57. The fraction of sp³-hybridized carbons (Fsp3) is 0.250. The van der Waals surface area contributed by atoms with Gasteiger partial charge in [0.2, 0.25) is 0 Å². The molecule has 0 aromatic carbocycles. The van der Waals surface area contributed by atoms with Gasteiger partial charge >= 0.3 is 5.97 Å². The zero-order chi connectivity index (χ0) is 9.84. The van der Waals surface area contributed by atoms with Crippen molar-refractivity contribution in [2.24, 2.45) is 4.99 Å². The van der Waals surface area contributed by atoms with Crippen LogP contribution in [-0.2, 0) is 14.3 Å². The van der Waals surface area contributed by atoms with Crippen LogP contribution in [0.3, 0.4) is 0 Å². The summed E-state index contributed by atoms with van der Waals surface area (Å²) in [5.41, 5.74) is 0.0362. The van der Waals surface area contributed by atoms with E-state index in [1.165, 1.54) is 13.2 Å². The number of hydrogen-bond donors (Lipinski definition) is 1. The minimum Gasteiger partial charge on any atom is -0.478 e. The number of nitrogens with zero attached hydrogens (tertiary/aromatic N) is 1. The monoisotopic (exact) mass is 181 g/mol. The molecule has 1 N–H and O–H groups in total. The van der Waals surface area contributed by atoms with Crippen molar-refractivity contribution in [3.05, 3.63) is 17.2 Å². The average molecular weight is 181 g/mol.